The van der Waals surface area contributed by atoms with Gasteiger partial charge in [0.1, 0.15) is 0 Å². The van der Waals surface area contributed by atoms with Gasteiger partial charge in [0.15, 0.2) is 0 Å². The molecule has 8 nitrogen and oxygen atoms in total. The van der Waals surface area contributed by atoms with Gasteiger partial charge in [-0.3, -0.25) is 4.79 Å². The minimum absolute atomic E-state index is 0.0707. The molecule has 0 aliphatic carbocycles. The molecule has 1 N–H and O–H groups in total. The summed E-state index contributed by atoms with van der Waals surface area (Å²) >= 11 is 0. The van der Waals surface area contributed by atoms with Gasteiger partial charge in [-0.1, -0.05) is 38.8 Å². The highest BCUT2D eigenvalue weighted by molar-refractivity contribution is 7.89. The highest BCUT2D eigenvalue weighted by Crippen LogP contribution is 2.23. The zero-order valence-corrected chi connectivity index (χ0v) is 20.5. The molecule has 0 spiro atoms. The zero-order chi connectivity index (χ0) is 22.9. The van der Waals surface area contributed by atoms with E-state index in [0.717, 1.165) is 38.6 Å². The largest absolute Gasteiger partial charge is 0.356 e. The Morgan fingerprint density at radius 1 is 1.13 bits per heavy atom. The monoisotopic (exact) mass is 455 g/mol. The predicted molar refractivity (Wildman–Crippen MR) is 123 cm³/mol. The van der Waals surface area contributed by atoms with Gasteiger partial charge >= 0.3 is 0 Å². The van der Waals surface area contributed by atoms with Crippen molar-refractivity contribution in [1.82, 2.24) is 24.6 Å². The summed E-state index contributed by atoms with van der Waals surface area (Å²) in [5, 5.41) is 10.9. The van der Waals surface area contributed by atoms with Crippen molar-refractivity contribution in [1.29, 1.82) is 0 Å². The normalized spacial score (nSPS) is 18.1. The van der Waals surface area contributed by atoms with E-state index in [1.165, 1.54) is 5.69 Å². The Labute approximate surface area is 188 Å². The molecule has 1 fully saturated rings. The third-order valence-corrected chi connectivity index (χ3v) is 9.06. The zero-order valence-electron chi connectivity index (χ0n) is 19.7. The minimum Gasteiger partial charge on any atom is -0.356 e. The van der Waals surface area contributed by atoms with Crippen LogP contribution in [-0.2, 0) is 21.4 Å². The molecule has 178 valence electrons. The molecule has 2 atom stereocenters. The van der Waals surface area contributed by atoms with Crippen molar-refractivity contribution in [3.8, 4) is 0 Å². The van der Waals surface area contributed by atoms with Crippen LogP contribution < -0.4 is 5.32 Å². The van der Waals surface area contributed by atoms with E-state index in [4.69, 9.17) is 0 Å². The first kappa shape index (κ1) is 25.8. The van der Waals surface area contributed by atoms with Gasteiger partial charge in [-0.05, 0) is 51.4 Å². The third-order valence-electron chi connectivity index (χ3n) is 6.63. The minimum atomic E-state index is -3.23. The van der Waals surface area contributed by atoms with Crippen molar-refractivity contribution in [3.63, 3.8) is 0 Å². The molecule has 9 heteroatoms. The molecule has 1 saturated heterocycles. The van der Waals surface area contributed by atoms with Gasteiger partial charge in [-0.25, -0.2) is 17.4 Å². The molecule has 2 unspecified atom stereocenters. The highest BCUT2D eigenvalue weighted by atomic mass is 32.2. The molecule has 1 aliphatic rings. The molecule has 0 bridgehead atoms. The van der Waals surface area contributed by atoms with Gasteiger partial charge in [0.05, 0.1) is 17.1 Å². The summed E-state index contributed by atoms with van der Waals surface area (Å²) in [4.78, 5) is 12.4. The molecule has 2 heterocycles. The van der Waals surface area contributed by atoms with Gasteiger partial charge < -0.3 is 5.32 Å². The lowest BCUT2D eigenvalue weighted by Crippen LogP contribution is -2.45. The van der Waals surface area contributed by atoms with E-state index in [1.807, 2.05) is 17.8 Å². The lowest BCUT2D eigenvalue weighted by Gasteiger charge is -2.32. The maximum atomic E-state index is 12.4. The van der Waals surface area contributed by atoms with Crippen LogP contribution >= 0.6 is 0 Å². The number of aryl methyl sites for hydroxylation is 1. The van der Waals surface area contributed by atoms with E-state index in [-0.39, 0.29) is 17.1 Å². The number of nitrogens with one attached hydrogen (secondary N) is 1. The summed E-state index contributed by atoms with van der Waals surface area (Å²) < 4.78 is 28.5. The highest BCUT2D eigenvalue weighted by Gasteiger charge is 2.33. The fourth-order valence-corrected chi connectivity index (χ4v) is 5.61. The average molecular weight is 456 g/mol. The lowest BCUT2D eigenvalue weighted by atomic mass is 9.97. The van der Waals surface area contributed by atoms with Crippen molar-refractivity contribution in [2.75, 3.05) is 19.6 Å². The molecule has 2 rings (SSSR count). The summed E-state index contributed by atoms with van der Waals surface area (Å²) in [5.41, 5.74) is 1.21. The van der Waals surface area contributed by atoms with Gasteiger partial charge in [-0.15, -0.1) is 5.10 Å². The van der Waals surface area contributed by atoms with Gasteiger partial charge in [0.25, 0.3) is 0 Å². The Balaban J connectivity index is 1.58. The fourth-order valence-electron chi connectivity index (χ4n) is 3.96. The number of rotatable bonds is 13. The number of sulfonamides is 1. The van der Waals surface area contributed by atoms with Crippen molar-refractivity contribution in [3.05, 3.63) is 11.9 Å². The second kappa shape index (κ2) is 12.5. The van der Waals surface area contributed by atoms with Gasteiger partial charge in [0.2, 0.25) is 15.9 Å². The maximum absolute atomic E-state index is 12.4. The number of carbonyl (C=O) groups excluding carboxylic acids is 1. The summed E-state index contributed by atoms with van der Waals surface area (Å²) in [6.45, 7) is 10.5. The van der Waals surface area contributed by atoms with E-state index in [9.17, 15) is 13.2 Å². The number of hydrogen-bond donors (Lipinski definition) is 1. The Bertz CT molecular complexity index is 772. The first-order chi connectivity index (χ1) is 14.8. The Hall–Kier alpha value is -1.48. The number of aromatic nitrogens is 3. The average Bonchev–Trinajstić information content (AvgIpc) is 3.25. The van der Waals surface area contributed by atoms with E-state index in [2.05, 4.69) is 29.5 Å². The molecule has 0 saturated carbocycles. The lowest BCUT2D eigenvalue weighted by molar-refractivity contribution is -0.126. The van der Waals surface area contributed by atoms with Crippen LogP contribution in [0, 0.1) is 5.92 Å². The summed E-state index contributed by atoms with van der Waals surface area (Å²) in [7, 11) is -3.23. The molecular formula is C22H41N5O3S. The van der Waals surface area contributed by atoms with Crippen LogP contribution in [0.2, 0.25) is 0 Å². The predicted octanol–water partition coefficient (Wildman–Crippen LogP) is 3.31. The standard InChI is InChI=1S/C22H41N5O3S/c1-5-18(3)21-17-24-25-27(21)14-10-8-7-9-13-23-22(28)20-11-15-26(16-12-20)31(29,30)19(4)6-2/h17-20H,5-16H2,1-4H3,(H,23,28). The van der Waals surface area contributed by atoms with Crippen LogP contribution in [0.15, 0.2) is 6.20 Å². The van der Waals surface area contributed by atoms with E-state index in [0.29, 0.717) is 44.8 Å². The van der Waals surface area contributed by atoms with Crippen molar-refractivity contribution in [2.24, 2.45) is 5.92 Å². The number of carbonyl (C=O) groups is 1. The first-order valence-electron chi connectivity index (χ1n) is 12.0. The smallest absolute Gasteiger partial charge is 0.223 e. The molecule has 0 aromatic carbocycles. The van der Waals surface area contributed by atoms with Crippen LogP contribution in [-0.4, -0.2) is 58.5 Å². The molecule has 0 radical (unpaired) electrons. The Kier molecular flexibility index (Phi) is 10.4. The van der Waals surface area contributed by atoms with Crippen molar-refractivity contribution >= 4 is 15.9 Å². The molecule has 1 amide bonds. The van der Waals surface area contributed by atoms with Crippen molar-refractivity contribution in [2.45, 2.75) is 96.8 Å². The number of amides is 1. The van der Waals surface area contributed by atoms with Crippen molar-refractivity contribution < 1.29 is 13.2 Å². The number of unbranched alkanes of at least 4 members (excludes halogenated alkanes) is 3. The molecule has 1 aliphatic heterocycles. The molecule has 1 aromatic heterocycles. The number of nitrogens with zero attached hydrogens (tertiary/aromatic N) is 4. The van der Waals surface area contributed by atoms with E-state index in [1.54, 1.807) is 11.2 Å². The van der Waals surface area contributed by atoms with Gasteiger partial charge in [0, 0.05) is 32.1 Å². The quantitative estimate of drug-likeness (QED) is 0.460. The molecular weight excluding hydrogens is 414 g/mol. The third kappa shape index (κ3) is 7.27. The summed E-state index contributed by atoms with van der Waals surface area (Å²) in [6.07, 6.45) is 8.97. The molecule has 1 aromatic rings. The number of piperidine rings is 1. The SMILES string of the molecule is CCC(C)c1cnnn1CCCCCCNC(=O)C1CCN(S(=O)(=O)C(C)CC)CC1. The Morgan fingerprint density at radius 2 is 1.81 bits per heavy atom. The topological polar surface area (TPSA) is 97.2 Å². The van der Waals surface area contributed by atoms with Gasteiger partial charge in [-0.2, -0.15) is 0 Å². The van der Waals surface area contributed by atoms with E-state index >= 15 is 0 Å². The summed E-state index contributed by atoms with van der Waals surface area (Å²) in [5.74, 6) is 0.475. The van der Waals surface area contributed by atoms with Crippen LogP contribution in [0.5, 0.6) is 0 Å². The maximum Gasteiger partial charge on any atom is 0.223 e. The van der Waals surface area contributed by atoms with Crippen LogP contribution in [0.25, 0.3) is 0 Å². The second-order valence-electron chi connectivity index (χ2n) is 8.83. The molecule has 31 heavy (non-hydrogen) atoms. The number of hydrogen-bond acceptors (Lipinski definition) is 5. The van der Waals surface area contributed by atoms with Crippen LogP contribution in [0.1, 0.15) is 90.7 Å². The fraction of sp³-hybridized carbons (Fsp3) is 0.864. The second-order valence-corrected chi connectivity index (χ2v) is 11.2. The summed E-state index contributed by atoms with van der Waals surface area (Å²) in [6, 6.07) is 0. The Morgan fingerprint density at radius 3 is 2.45 bits per heavy atom. The van der Waals surface area contributed by atoms with Crippen LogP contribution in [0.4, 0.5) is 0 Å². The first-order valence-corrected chi connectivity index (χ1v) is 13.5. The van der Waals surface area contributed by atoms with Crippen LogP contribution in [0.3, 0.4) is 0 Å². The van der Waals surface area contributed by atoms with E-state index < -0.39 is 10.0 Å².